The number of para-hydroxylation sites is 1. The summed E-state index contributed by atoms with van der Waals surface area (Å²) in [4.78, 5) is 12.3. The molecular weight excluding hydrogens is 314 g/mol. The van der Waals surface area contributed by atoms with Gasteiger partial charge in [0.05, 0.1) is 24.2 Å². The van der Waals surface area contributed by atoms with E-state index in [1.165, 1.54) is 7.11 Å². The van der Waals surface area contributed by atoms with Crippen LogP contribution in [-0.2, 0) is 0 Å². The lowest BCUT2D eigenvalue weighted by molar-refractivity contribution is 0.0944. The van der Waals surface area contributed by atoms with E-state index in [2.05, 4.69) is 5.32 Å². The van der Waals surface area contributed by atoms with Crippen LogP contribution >= 0.6 is 11.6 Å². The third-order valence-corrected chi connectivity index (χ3v) is 3.78. The second-order valence-electron chi connectivity index (χ2n) is 5.14. The van der Waals surface area contributed by atoms with Gasteiger partial charge in [0.2, 0.25) is 0 Å². The molecule has 0 aliphatic rings. The van der Waals surface area contributed by atoms with E-state index in [4.69, 9.17) is 21.1 Å². The number of rotatable bonds is 6. The number of amides is 1. The first-order chi connectivity index (χ1) is 11.0. The molecule has 0 saturated heterocycles. The summed E-state index contributed by atoms with van der Waals surface area (Å²) in [5.74, 6) is 1.03. The first-order valence-corrected chi connectivity index (χ1v) is 7.72. The van der Waals surface area contributed by atoms with Gasteiger partial charge in [-0.05, 0) is 37.1 Å². The maximum atomic E-state index is 12.3. The zero-order valence-electron chi connectivity index (χ0n) is 13.5. The molecule has 5 heteroatoms. The molecule has 122 valence electrons. The van der Waals surface area contributed by atoms with Crippen LogP contribution in [0.15, 0.2) is 36.4 Å². The standard InChI is InChI=1S/C18H20ClNO3/c1-12-6-4-7-13(2)17(12)23-11-10-20-18(21)16-14(19)8-5-9-15(16)22-3/h4-9H,10-11H2,1-3H3,(H,20,21). The quantitative estimate of drug-likeness (QED) is 0.818. The number of carbonyl (C=O) groups excluding carboxylic acids is 1. The van der Waals surface area contributed by atoms with Crippen LogP contribution in [0.25, 0.3) is 0 Å². The monoisotopic (exact) mass is 333 g/mol. The summed E-state index contributed by atoms with van der Waals surface area (Å²) >= 11 is 6.08. The molecule has 0 aliphatic carbocycles. The average molecular weight is 334 g/mol. The number of nitrogens with one attached hydrogen (secondary N) is 1. The minimum Gasteiger partial charge on any atom is -0.496 e. The Hall–Kier alpha value is -2.20. The van der Waals surface area contributed by atoms with Gasteiger partial charge in [0.15, 0.2) is 0 Å². The van der Waals surface area contributed by atoms with Crippen LogP contribution in [0.3, 0.4) is 0 Å². The Kier molecular flexibility index (Phi) is 5.88. The number of hydrogen-bond donors (Lipinski definition) is 1. The highest BCUT2D eigenvalue weighted by Crippen LogP contribution is 2.26. The van der Waals surface area contributed by atoms with E-state index in [0.717, 1.165) is 16.9 Å². The van der Waals surface area contributed by atoms with Crippen molar-refractivity contribution in [2.24, 2.45) is 0 Å². The number of ether oxygens (including phenoxy) is 2. The van der Waals surface area contributed by atoms with Crippen LogP contribution in [0.4, 0.5) is 0 Å². The third kappa shape index (κ3) is 4.17. The average Bonchev–Trinajstić information content (AvgIpc) is 2.53. The summed E-state index contributed by atoms with van der Waals surface area (Å²) in [7, 11) is 1.51. The molecule has 0 fully saturated rings. The summed E-state index contributed by atoms with van der Waals surface area (Å²) in [6.07, 6.45) is 0. The largest absolute Gasteiger partial charge is 0.496 e. The van der Waals surface area contributed by atoms with Crippen molar-refractivity contribution in [3.63, 3.8) is 0 Å². The van der Waals surface area contributed by atoms with Crippen molar-refractivity contribution < 1.29 is 14.3 Å². The van der Waals surface area contributed by atoms with Crippen LogP contribution in [0.1, 0.15) is 21.5 Å². The molecule has 23 heavy (non-hydrogen) atoms. The Morgan fingerprint density at radius 2 is 1.78 bits per heavy atom. The second-order valence-corrected chi connectivity index (χ2v) is 5.55. The van der Waals surface area contributed by atoms with Crippen LogP contribution in [0, 0.1) is 13.8 Å². The molecule has 0 heterocycles. The van der Waals surface area contributed by atoms with Crippen molar-refractivity contribution in [3.8, 4) is 11.5 Å². The molecule has 4 nitrogen and oxygen atoms in total. The highest BCUT2D eigenvalue weighted by atomic mass is 35.5. The Morgan fingerprint density at radius 1 is 1.13 bits per heavy atom. The zero-order valence-corrected chi connectivity index (χ0v) is 14.2. The van der Waals surface area contributed by atoms with Crippen LogP contribution in [0.5, 0.6) is 11.5 Å². The van der Waals surface area contributed by atoms with E-state index in [1.807, 2.05) is 32.0 Å². The van der Waals surface area contributed by atoms with E-state index in [-0.39, 0.29) is 5.91 Å². The molecule has 2 rings (SSSR count). The van der Waals surface area contributed by atoms with Crippen molar-refractivity contribution in [2.75, 3.05) is 20.3 Å². The minimum absolute atomic E-state index is 0.280. The molecule has 0 aliphatic heterocycles. The molecule has 2 aromatic carbocycles. The lowest BCUT2D eigenvalue weighted by atomic mass is 10.1. The number of methoxy groups -OCH3 is 1. The van der Waals surface area contributed by atoms with Gasteiger partial charge in [-0.25, -0.2) is 0 Å². The van der Waals surface area contributed by atoms with Gasteiger partial charge in [0.1, 0.15) is 18.1 Å². The van der Waals surface area contributed by atoms with E-state index in [9.17, 15) is 4.79 Å². The van der Waals surface area contributed by atoms with Crippen molar-refractivity contribution >= 4 is 17.5 Å². The molecule has 2 aromatic rings. The Labute approximate surface area is 141 Å². The second kappa shape index (κ2) is 7.88. The Bertz CT molecular complexity index is 680. The smallest absolute Gasteiger partial charge is 0.256 e. The number of carbonyl (C=O) groups is 1. The fourth-order valence-corrected chi connectivity index (χ4v) is 2.58. The highest BCUT2D eigenvalue weighted by Gasteiger charge is 2.15. The van der Waals surface area contributed by atoms with Crippen molar-refractivity contribution in [3.05, 3.63) is 58.1 Å². The molecule has 0 radical (unpaired) electrons. The fourth-order valence-electron chi connectivity index (χ4n) is 2.33. The van der Waals surface area contributed by atoms with Gasteiger partial charge in [0, 0.05) is 0 Å². The molecule has 0 saturated carbocycles. The topological polar surface area (TPSA) is 47.6 Å². The summed E-state index contributed by atoms with van der Waals surface area (Å²) in [5, 5.41) is 3.15. The lowest BCUT2D eigenvalue weighted by Crippen LogP contribution is -2.28. The van der Waals surface area contributed by atoms with Crippen molar-refractivity contribution in [2.45, 2.75) is 13.8 Å². The normalized spacial score (nSPS) is 10.3. The first kappa shape index (κ1) is 17.2. The van der Waals surface area contributed by atoms with E-state index in [1.54, 1.807) is 18.2 Å². The van der Waals surface area contributed by atoms with Crippen LogP contribution in [-0.4, -0.2) is 26.2 Å². The van der Waals surface area contributed by atoms with Gasteiger partial charge in [-0.3, -0.25) is 4.79 Å². The maximum Gasteiger partial charge on any atom is 0.256 e. The summed E-state index contributed by atoms with van der Waals surface area (Å²) in [6, 6.07) is 11.1. The van der Waals surface area contributed by atoms with E-state index >= 15 is 0 Å². The first-order valence-electron chi connectivity index (χ1n) is 7.34. The molecule has 0 unspecified atom stereocenters. The molecule has 0 aromatic heterocycles. The Morgan fingerprint density at radius 3 is 2.43 bits per heavy atom. The van der Waals surface area contributed by atoms with Crippen molar-refractivity contribution in [1.29, 1.82) is 0 Å². The van der Waals surface area contributed by atoms with Crippen LogP contribution < -0.4 is 14.8 Å². The highest BCUT2D eigenvalue weighted by molar-refractivity contribution is 6.34. The van der Waals surface area contributed by atoms with Gasteiger partial charge >= 0.3 is 0 Å². The molecular formula is C18H20ClNO3. The third-order valence-electron chi connectivity index (χ3n) is 3.47. The number of hydrogen-bond acceptors (Lipinski definition) is 3. The lowest BCUT2D eigenvalue weighted by Gasteiger charge is -2.13. The number of halogens is 1. The maximum absolute atomic E-state index is 12.3. The molecule has 0 spiro atoms. The zero-order chi connectivity index (χ0) is 16.8. The van der Waals surface area contributed by atoms with Gasteiger partial charge in [-0.2, -0.15) is 0 Å². The predicted octanol–water partition coefficient (Wildman–Crippen LogP) is 3.77. The minimum atomic E-state index is -0.280. The van der Waals surface area contributed by atoms with Gasteiger partial charge < -0.3 is 14.8 Å². The van der Waals surface area contributed by atoms with Crippen molar-refractivity contribution in [1.82, 2.24) is 5.32 Å². The van der Waals surface area contributed by atoms with Crippen LogP contribution in [0.2, 0.25) is 5.02 Å². The summed E-state index contributed by atoms with van der Waals surface area (Å²) < 4.78 is 10.9. The Balaban J connectivity index is 1.93. The predicted molar refractivity (Wildman–Crippen MR) is 91.7 cm³/mol. The summed E-state index contributed by atoms with van der Waals surface area (Å²) in [6.45, 7) is 4.75. The molecule has 1 amide bonds. The fraction of sp³-hybridized carbons (Fsp3) is 0.278. The molecule has 1 N–H and O–H groups in total. The number of aryl methyl sites for hydroxylation is 2. The number of benzene rings is 2. The van der Waals surface area contributed by atoms with Gasteiger partial charge in [-0.1, -0.05) is 35.9 Å². The SMILES string of the molecule is COc1cccc(Cl)c1C(=O)NCCOc1c(C)cccc1C. The van der Waals surface area contributed by atoms with E-state index < -0.39 is 0 Å². The van der Waals surface area contributed by atoms with Gasteiger partial charge in [-0.15, -0.1) is 0 Å². The van der Waals surface area contributed by atoms with E-state index in [0.29, 0.717) is 29.5 Å². The van der Waals surface area contributed by atoms with Gasteiger partial charge in [0.25, 0.3) is 5.91 Å². The molecule has 0 atom stereocenters. The summed E-state index contributed by atoms with van der Waals surface area (Å²) in [5.41, 5.74) is 2.48. The molecule has 0 bridgehead atoms.